The molecule has 1 atom stereocenters. The molecule has 26 heavy (non-hydrogen) atoms. The van der Waals surface area contributed by atoms with Crippen molar-refractivity contribution in [3.05, 3.63) is 59.8 Å². The second-order valence-corrected chi connectivity index (χ2v) is 7.75. The highest BCUT2D eigenvalue weighted by atomic mass is 19.1. The Morgan fingerprint density at radius 1 is 1.19 bits per heavy atom. The Morgan fingerprint density at radius 2 is 1.96 bits per heavy atom. The van der Waals surface area contributed by atoms with Crippen molar-refractivity contribution in [2.24, 2.45) is 0 Å². The summed E-state index contributed by atoms with van der Waals surface area (Å²) < 4.78 is 24.8. The first-order chi connectivity index (χ1) is 12.6. The molecule has 2 fully saturated rings. The number of furan rings is 1. The molecule has 140 valence electrons. The first-order valence-corrected chi connectivity index (χ1v) is 9.45. The fraction of sp³-hybridized carbons (Fsp3) is 0.524. The van der Waals surface area contributed by atoms with E-state index in [0.717, 1.165) is 57.8 Å². The summed E-state index contributed by atoms with van der Waals surface area (Å²) in [4.78, 5) is 4.79. The smallest absolute Gasteiger partial charge is 0.123 e. The maximum atomic E-state index is 13.0. The van der Waals surface area contributed by atoms with Crippen molar-refractivity contribution in [1.82, 2.24) is 9.80 Å². The number of benzene rings is 1. The van der Waals surface area contributed by atoms with E-state index >= 15 is 0 Å². The van der Waals surface area contributed by atoms with Crippen LogP contribution in [-0.4, -0.2) is 48.2 Å². The number of ether oxygens (including phenoxy) is 1. The van der Waals surface area contributed by atoms with Gasteiger partial charge in [0.1, 0.15) is 11.6 Å². The lowest BCUT2D eigenvalue weighted by Crippen LogP contribution is -2.44. The topological polar surface area (TPSA) is 28.9 Å². The minimum absolute atomic E-state index is 0.0292. The van der Waals surface area contributed by atoms with E-state index in [1.165, 1.54) is 5.56 Å². The fourth-order valence-corrected chi connectivity index (χ4v) is 4.20. The number of hydrogen-bond acceptors (Lipinski definition) is 4. The molecule has 2 aliphatic rings. The van der Waals surface area contributed by atoms with E-state index in [2.05, 4.69) is 16.8 Å². The minimum atomic E-state index is -0.171. The summed E-state index contributed by atoms with van der Waals surface area (Å²) in [5.74, 6) is 0.831. The first-order valence-electron chi connectivity index (χ1n) is 9.45. The number of hydrogen-bond donors (Lipinski definition) is 0. The summed E-state index contributed by atoms with van der Waals surface area (Å²) in [6.07, 6.45) is 4.96. The molecule has 0 radical (unpaired) electrons. The molecule has 1 aromatic carbocycles. The highest BCUT2D eigenvalue weighted by molar-refractivity contribution is 5.16. The van der Waals surface area contributed by atoms with E-state index < -0.39 is 0 Å². The molecule has 0 bridgehead atoms. The molecule has 1 aromatic heterocycles. The minimum Gasteiger partial charge on any atom is -0.468 e. The molecular weight excluding hydrogens is 331 g/mol. The molecule has 1 spiro atoms. The van der Waals surface area contributed by atoms with Crippen LogP contribution in [0.5, 0.6) is 0 Å². The number of rotatable bonds is 5. The highest BCUT2D eigenvalue weighted by Crippen LogP contribution is 2.38. The lowest BCUT2D eigenvalue weighted by Gasteiger charge is -2.39. The molecule has 0 saturated carbocycles. The van der Waals surface area contributed by atoms with Gasteiger partial charge in [0.15, 0.2) is 0 Å². The average Bonchev–Trinajstić information content (AvgIpc) is 3.30. The van der Waals surface area contributed by atoms with Gasteiger partial charge in [-0.15, -0.1) is 0 Å². The molecule has 5 heteroatoms. The second-order valence-electron chi connectivity index (χ2n) is 7.75. The second kappa shape index (κ2) is 7.51. The molecule has 0 N–H and O–H groups in total. The molecular formula is C21H27FN2O2. The van der Waals surface area contributed by atoms with E-state index in [-0.39, 0.29) is 11.4 Å². The van der Waals surface area contributed by atoms with Crippen molar-refractivity contribution in [2.75, 3.05) is 26.7 Å². The Labute approximate surface area is 154 Å². The number of likely N-dealkylation sites (tertiary alicyclic amines) is 1. The normalized spacial score (nSPS) is 23.1. The van der Waals surface area contributed by atoms with Gasteiger partial charge >= 0.3 is 0 Å². The molecule has 0 amide bonds. The van der Waals surface area contributed by atoms with Crippen molar-refractivity contribution in [1.29, 1.82) is 0 Å². The van der Waals surface area contributed by atoms with Gasteiger partial charge in [-0.1, -0.05) is 12.1 Å². The van der Waals surface area contributed by atoms with Gasteiger partial charge in [-0.25, -0.2) is 4.39 Å². The van der Waals surface area contributed by atoms with Crippen molar-refractivity contribution >= 4 is 0 Å². The molecule has 2 aromatic rings. The molecule has 3 heterocycles. The summed E-state index contributed by atoms with van der Waals surface area (Å²) in [6.45, 7) is 4.58. The predicted molar refractivity (Wildman–Crippen MR) is 98.2 cm³/mol. The number of piperidine rings is 1. The molecule has 2 saturated heterocycles. The van der Waals surface area contributed by atoms with Gasteiger partial charge in [0.2, 0.25) is 0 Å². The van der Waals surface area contributed by atoms with Gasteiger partial charge in [0, 0.05) is 25.7 Å². The summed E-state index contributed by atoms with van der Waals surface area (Å²) >= 11 is 0. The van der Waals surface area contributed by atoms with Gasteiger partial charge in [-0.3, -0.25) is 9.80 Å². The Balaban J connectivity index is 1.28. The summed E-state index contributed by atoms with van der Waals surface area (Å²) in [7, 11) is 2.15. The summed E-state index contributed by atoms with van der Waals surface area (Å²) in [6, 6.07) is 11.3. The van der Waals surface area contributed by atoms with Crippen LogP contribution in [0.1, 0.15) is 30.6 Å². The Morgan fingerprint density at radius 3 is 2.65 bits per heavy atom. The number of halogens is 1. The summed E-state index contributed by atoms with van der Waals surface area (Å²) in [5.41, 5.74) is 1.20. The first kappa shape index (κ1) is 17.7. The molecule has 2 aliphatic heterocycles. The van der Waals surface area contributed by atoms with Crippen molar-refractivity contribution in [3.8, 4) is 0 Å². The number of nitrogens with zero attached hydrogens (tertiary/aromatic N) is 2. The summed E-state index contributed by atoms with van der Waals surface area (Å²) in [5, 5.41) is 0. The Bertz CT molecular complexity index is 693. The third-order valence-electron chi connectivity index (χ3n) is 5.88. The molecule has 0 unspecified atom stereocenters. The molecule has 4 nitrogen and oxygen atoms in total. The van der Waals surface area contributed by atoms with Crippen LogP contribution in [0.3, 0.4) is 0 Å². The quantitative estimate of drug-likeness (QED) is 0.815. The van der Waals surface area contributed by atoms with Crippen LogP contribution >= 0.6 is 0 Å². The molecule has 4 rings (SSSR count). The van der Waals surface area contributed by atoms with Crippen LogP contribution in [0.4, 0.5) is 4.39 Å². The van der Waals surface area contributed by atoms with Crippen LogP contribution in [0.2, 0.25) is 0 Å². The van der Waals surface area contributed by atoms with Crippen LogP contribution in [-0.2, 0) is 17.8 Å². The highest BCUT2D eigenvalue weighted by Gasteiger charge is 2.43. The predicted octanol–water partition coefficient (Wildman–Crippen LogP) is 3.67. The standard InChI is InChI=1S/C21H27FN2O2/c1-23(15-20-3-2-12-25-20)19-13-21(26-16-19)8-10-24(11-9-21)14-17-4-6-18(22)7-5-17/h2-7,12,19H,8-11,13-16H2,1H3/t19-/m1/s1. The van der Waals surface area contributed by atoms with Gasteiger partial charge in [-0.2, -0.15) is 0 Å². The van der Waals surface area contributed by atoms with E-state index in [0.29, 0.717) is 6.04 Å². The third kappa shape index (κ3) is 4.00. The van der Waals surface area contributed by atoms with Gasteiger partial charge in [0.25, 0.3) is 0 Å². The zero-order chi connectivity index (χ0) is 18.0. The van der Waals surface area contributed by atoms with Crippen molar-refractivity contribution in [3.63, 3.8) is 0 Å². The maximum absolute atomic E-state index is 13.0. The molecule has 0 aliphatic carbocycles. The van der Waals surface area contributed by atoms with E-state index in [4.69, 9.17) is 9.15 Å². The lowest BCUT2D eigenvalue weighted by molar-refractivity contribution is -0.0452. The van der Waals surface area contributed by atoms with E-state index in [9.17, 15) is 4.39 Å². The largest absolute Gasteiger partial charge is 0.468 e. The van der Waals surface area contributed by atoms with Crippen molar-refractivity contribution < 1.29 is 13.5 Å². The van der Waals surface area contributed by atoms with Gasteiger partial charge in [0.05, 0.1) is 25.0 Å². The van der Waals surface area contributed by atoms with Crippen LogP contribution in [0, 0.1) is 5.82 Å². The van der Waals surface area contributed by atoms with Crippen molar-refractivity contribution in [2.45, 2.75) is 44.0 Å². The third-order valence-corrected chi connectivity index (χ3v) is 5.88. The average molecular weight is 358 g/mol. The maximum Gasteiger partial charge on any atom is 0.123 e. The lowest BCUT2D eigenvalue weighted by atomic mass is 9.87. The Kier molecular flexibility index (Phi) is 5.11. The Hall–Kier alpha value is -1.69. The van der Waals surface area contributed by atoms with Gasteiger partial charge in [-0.05, 0) is 56.1 Å². The van der Waals surface area contributed by atoms with E-state index in [1.54, 1.807) is 18.4 Å². The monoisotopic (exact) mass is 358 g/mol. The van der Waals surface area contributed by atoms with Crippen LogP contribution in [0.15, 0.2) is 47.1 Å². The van der Waals surface area contributed by atoms with Gasteiger partial charge < -0.3 is 9.15 Å². The zero-order valence-corrected chi connectivity index (χ0v) is 15.4. The SMILES string of the molecule is CN(Cc1ccco1)[C@H]1COC2(CCN(Cc3ccc(F)cc3)CC2)C1. The van der Waals surface area contributed by atoms with Crippen LogP contribution in [0.25, 0.3) is 0 Å². The number of likely N-dealkylation sites (N-methyl/N-ethyl adjacent to an activating group) is 1. The fourth-order valence-electron chi connectivity index (χ4n) is 4.20. The van der Waals surface area contributed by atoms with E-state index in [1.807, 2.05) is 24.3 Å². The van der Waals surface area contributed by atoms with Crippen LogP contribution < -0.4 is 0 Å². The zero-order valence-electron chi connectivity index (χ0n) is 15.4.